The first-order valence-corrected chi connectivity index (χ1v) is 4.51. The van der Waals surface area contributed by atoms with Crippen molar-refractivity contribution in [2.75, 3.05) is 13.2 Å². The third-order valence-corrected chi connectivity index (χ3v) is 2.14. The molecule has 0 aliphatic carbocycles. The molecule has 0 bridgehead atoms. The van der Waals surface area contributed by atoms with Crippen LogP contribution in [0.4, 0.5) is 0 Å². The smallest absolute Gasteiger partial charge is 0.303 e. The molecule has 1 fully saturated rings. The van der Waals surface area contributed by atoms with E-state index in [-0.39, 0.29) is 6.42 Å². The van der Waals surface area contributed by atoms with Crippen molar-refractivity contribution < 1.29 is 19.4 Å². The average molecular weight is 188 g/mol. The van der Waals surface area contributed by atoms with Crippen LogP contribution < -0.4 is 0 Å². The van der Waals surface area contributed by atoms with E-state index in [9.17, 15) is 4.79 Å². The van der Waals surface area contributed by atoms with Crippen molar-refractivity contribution in [2.24, 2.45) is 5.92 Å². The minimum absolute atomic E-state index is 0.0882. The van der Waals surface area contributed by atoms with E-state index < -0.39 is 11.8 Å². The first-order chi connectivity index (χ1) is 6.02. The van der Waals surface area contributed by atoms with Gasteiger partial charge in [-0.3, -0.25) is 4.79 Å². The highest BCUT2D eigenvalue weighted by molar-refractivity contribution is 5.66. The Labute approximate surface area is 77.8 Å². The van der Waals surface area contributed by atoms with Gasteiger partial charge in [0, 0.05) is 12.3 Å². The third kappa shape index (κ3) is 3.32. The fraction of sp³-hybridized carbons (Fsp3) is 0.889. The molecule has 0 atom stereocenters. The van der Waals surface area contributed by atoms with Gasteiger partial charge in [0.1, 0.15) is 0 Å². The second-order valence-corrected chi connectivity index (χ2v) is 3.75. The molecular weight excluding hydrogens is 172 g/mol. The topological polar surface area (TPSA) is 55.8 Å². The molecule has 1 heterocycles. The van der Waals surface area contributed by atoms with E-state index in [1.807, 2.05) is 6.92 Å². The fourth-order valence-electron chi connectivity index (χ4n) is 1.21. The minimum Gasteiger partial charge on any atom is -0.481 e. The summed E-state index contributed by atoms with van der Waals surface area (Å²) in [6.45, 7) is 5.13. The first-order valence-electron chi connectivity index (χ1n) is 4.51. The summed E-state index contributed by atoms with van der Waals surface area (Å²) in [5, 5.41) is 8.50. The summed E-state index contributed by atoms with van der Waals surface area (Å²) >= 11 is 0. The lowest BCUT2D eigenvalue weighted by molar-refractivity contribution is -0.274. The number of rotatable bonds is 3. The number of aliphatic carboxylic acids is 1. The Balaban J connectivity index is 2.34. The number of carboxylic acid groups (broad SMARTS) is 1. The van der Waals surface area contributed by atoms with E-state index in [1.54, 1.807) is 6.92 Å². The highest BCUT2D eigenvalue weighted by atomic mass is 16.7. The van der Waals surface area contributed by atoms with E-state index in [4.69, 9.17) is 14.6 Å². The lowest BCUT2D eigenvalue weighted by Crippen LogP contribution is -2.41. The van der Waals surface area contributed by atoms with E-state index in [1.165, 1.54) is 0 Å². The van der Waals surface area contributed by atoms with Crippen LogP contribution in [0.3, 0.4) is 0 Å². The van der Waals surface area contributed by atoms with Gasteiger partial charge in [0.15, 0.2) is 5.79 Å². The number of hydrogen-bond acceptors (Lipinski definition) is 3. The maximum Gasteiger partial charge on any atom is 0.303 e. The molecule has 1 rings (SSSR count). The van der Waals surface area contributed by atoms with Gasteiger partial charge in [-0.2, -0.15) is 0 Å². The van der Waals surface area contributed by atoms with Crippen molar-refractivity contribution in [1.29, 1.82) is 0 Å². The summed E-state index contributed by atoms with van der Waals surface area (Å²) < 4.78 is 10.9. The van der Waals surface area contributed by atoms with Gasteiger partial charge in [-0.1, -0.05) is 6.92 Å². The molecule has 0 aromatic heterocycles. The van der Waals surface area contributed by atoms with Crippen LogP contribution in [0, 0.1) is 5.92 Å². The third-order valence-electron chi connectivity index (χ3n) is 2.14. The molecule has 0 unspecified atom stereocenters. The van der Waals surface area contributed by atoms with Crippen LogP contribution in [0.2, 0.25) is 0 Å². The summed E-state index contributed by atoms with van der Waals surface area (Å²) in [7, 11) is 0. The molecule has 0 radical (unpaired) electrons. The molecule has 0 spiro atoms. The van der Waals surface area contributed by atoms with Crippen LogP contribution >= 0.6 is 0 Å². The minimum atomic E-state index is -0.813. The molecule has 1 saturated heterocycles. The molecule has 76 valence electrons. The first kappa shape index (κ1) is 10.5. The Morgan fingerprint density at radius 2 is 2.08 bits per heavy atom. The van der Waals surface area contributed by atoms with Crippen molar-refractivity contribution in [3.8, 4) is 0 Å². The summed E-state index contributed by atoms with van der Waals surface area (Å²) in [4.78, 5) is 10.3. The summed E-state index contributed by atoms with van der Waals surface area (Å²) in [5.74, 6) is -1.10. The van der Waals surface area contributed by atoms with Gasteiger partial charge >= 0.3 is 5.97 Å². The molecule has 0 aromatic rings. The fourth-order valence-corrected chi connectivity index (χ4v) is 1.21. The molecule has 13 heavy (non-hydrogen) atoms. The van der Waals surface area contributed by atoms with Crippen molar-refractivity contribution in [1.82, 2.24) is 0 Å². The molecule has 1 N–H and O–H groups in total. The Morgan fingerprint density at radius 3 is 2.54 bits per heavy atom. The van der Waals surface area contributed by atoms with Gasteiger partial charge in [-0.05, 0) is 6.92 Å². The highest BCUT2D eigenvalue weighted by Gasteiger charge is 2.31. The van der Waals surface area contributed by atoms with Gasteiger partial charge in [-0.15, -0.1) is 0 Å². The van der Waals surface area contributed by atoms with Crippen LogP contribution in [0.1, 0.15) is 26.7 Å². The van der Waals surface area contributed by atoms with Crippen LogP contribution in [0.5, 0.6) is 0 Å². The van der Waals surface area contributed by atoms with Crippen LogP contribution in [0.25, 0.3) is 0 Å². The largest absolute Gasteiger partial charge is 0.481 e. The summed E-state index contributed by atoms with van der Waals surface area (Å²) in [5.41, 5.74) is 0. The maximum atomic E-state index is 10.3. The Morgan fingerprint density at radius 1 is 1.54 bits per heavy atom. The lowest BCUT2D eigenvalue weighted by atomic mass is 10.1. The summed E-state index contributed by atoms with van der Waals surface area (Å²) in [6.07, 6.45) is 0.500. The Bertz CT molecular complexity index is 182. The Kier molecular flexibility index (Phi) is 3.27. The van der Waals surface area contributed by atoms with Crippen LogP contribution in [0.15, 0.2) is 0 Å². The molecule has 0 amide bonds. The standard InChI is InChI=1S/C9H16O4/c1-7-5-12-9(2,13-6-7)4-3-8(10)11/h7H,3-6H2,1-2H3,(H,10,11). The number of carboxylic acids is 1. The van der Waals surface area contributed by atoms with E-state index in [0.29, 0.717) is 25.6 Å². The predicted molar refractivity (Wildman–Crippen MR) is 46.3 cm³/mol. The normalized spacial score (nSPS) is 34.5. The molecule has 1 aliphatic heterocycles. The van der Waals surface area contributed by atoms with Crippen molar-refractivity contribution in [3.05, 3.63) is 0 Å². The molecular formula is C9H16O4. The van der Waals surface area contributed by atoms with Crippen molar-refractivity contribution in [2.45, 2.75) is 32.5 Å². The number of hydrogen-bond donors (Lipinski definition) is 1. The zero-order valence-electron chi connectivity index (χ0n) is 8.08. The van der Waals surface area contributed by atoms with Crippen LogP contribution in [-0.2, 0) is 14.3 Å². The second kappa shape index (κ2) is 4.07. The monoisotopic (exact) mass is 188 g/mol. The van der Waals surface area contributed by atoms with Crippen molar-refractivity contribution in [3.63, 3.8) is 0 Å². The van der Waals surface area contributed by atoms with E-state index in [0.717, 1.165) is 0 Å². The maximum absolute atomic E-state index is 10.3. The average Bonchev–Trinajstić information content (AvgIpc) is 2.08. The zero-order valence-corrected chi connectivity index (χ0v) is 8.08. The molecule has 1 aliphatic rings. The lowest BCUT2D eigenvalue weighted by Gasteiger charge is -2.36. The molecule has 0 saturated carbocycles. The van der Waals surface area contributed by atoms with Gasteiger partial charge in [0.25, 0.3) is 0 Å². The van der Waals surface area contributed by atoms with Gasteiger partial charge in [-0.25, -0.2) is 0 Å². The molecule has 4 nitrogen and oxygen atoms in total. The highest BCUT2D eigenvalue weighted by Crippen LogP contribution is 2.25. The van der Waals surface area contributed by atoms with Gasteiger partial charge in [0.2, 0.25) is 0 Å². The SMILES string of the molecule is CC1COC(C)(CCC(=O)O)OC1. The number of ether oxygens (including phenoxy) is 2. The van der Waals surface area contributed by atoms with Gasteiger partial charge in [0.05, 0.1) is 19.6 Å². The summed E-state index contributed by atoms with van der Waals surface area (Å²) in [6, 6.07) is 0. The second-order valence-electron chi connectivity index (χ2n) is 3.75. The van der Waals surface area contributed by atoms with Crippen LogP contribution in [-0.4, -0.2) is 30.1 Å². The predicted octanol–water partition coefficient (Wildman–Crippen LogP) is 1.25. The van der Waals surface area contributed by atoms with E-state index in [2.05, 4.69) is 0 Å². The van der Waals surface area contributed by atoms with Crippen molar-refractivity contribution >= 4 is 5.97 Å². The quantitative estimate of drug-likeness (QED) is 0.724. The van der Waals surface area contributed by atoms with Gasteiger partial charge < -0.3 is 14.6 Å². The Hall–Kier alpha value is -0.610. The number of carbonyl (C=O) groups is 1. The molecule has 4 heteroatoms. The van der Waals surface area contributed by atoms with E-state index >= 15 is 0 Å². The zero-order chi connectivity index (χ0) is 9.90. The molecule has 0 aromatic carbocycles.